The average molecular weight is 258 g/mol. The minimum Gasteiger partial charge on any atom is -0.339 e. The summed E-state index contributed by atoms with van der Waals surface area (Å²) < 4.78 is 0. The molecule has 2 aliphatic rings. The Bertz CT molecular complexity index is 443. The summed E-state index contributed by atoms with van der Waals surface area (Å²) in [4.78, 5) is 14.8. The number of fused-ring (bicyclic) bond motifs is 1. The van der Waals surface area contributed by atoms with Crippen LogP contribution >= 0.6 is 0 Å². The van der Waals surface area contributed by atoms with E-state index in [9.17, 15) is 4.79 Å². The van der Waals surface area contributed by atoms with Crippen LogP contribution in [0.1, 0.15) is 30.4 Å². The van der Waals surface area contributed by atoms with Gasteiger partial charge in [-0.05, 0) is 49.8 Å². The Morgan fingerprint density at radius 2 is 1.84 bits per heavy atom. The Balaban J connectivity index is 1.67. The highest BCUT2D eigenvalue weighted by molar-refractivity contribution is 5.81. The van der Waals surface area contributed by atoms with Gasteiger partial charge in [0.1, 0.15) is 0 Å². The number of benzene rings is 1. The summed E-state index contributed by atoms with van der Waals surface area (Å²) in [6.45, 7) is 1.51. The first-order valence-electron chi connectivity index (χ1n) is 7.37. The molecule has 1 aromatic rings. The molecule has 1 amide bonds. The number of carbonyl (C=O) groups excluding carboxylic acids is 1. The summed E-state index contributed by atoms with van der Waals surface area (Å²) in [5.41, 5.74) is 8.30. The monoisotopic (exact) mass is 258 g/mol. The zero-order chi connectivity index (χ0) is 13.2. The summed E-state index contributed by atoms with van der Waals surface area (Å²) in [6, 6.07) is 8.95. The summed E-state index contributed by atoms with van der Waals surface area (Å²) >= 11 is 0. The standard InChI is InChI=1S/C16H22N2O/c17-8-3-9-18(15-6-7-15)16(19)14-10-12-4-1-2-5-13(12)11-14/h1-2,4-5,14-15H,3,6-11,17H2. The van der Waals surface area contributed by atoms with Crippen LogP contribution in [0, 0.1) is 5.92 Å². The summed E-state index contributed by atoms with van der Waals surface area (Å²) in [7, 11) is 0. The fraction of sp³-hybridized carbons (Fsp3) is 0.562. The molecular formula is C16H22N2O. The second-order valence-electron chi connectivity index (χ2n) is 5.78. The molecule has 3 heteroatoms. The van der Waals surface area contributed by atoms with E-state index < -0.39 is 0 Å². The molecule has 0 atom stereocenters. The van der Waals surface area contributed by atoms with Crippen LogP contribution in [0.2, 0.25) is 0 Å². The number of hydrogen-bond donors (Lipinski definition) is 1. The quantitative estimate of drug-likeness (QED) is 0.874. The van der Waals surface area contributed by atoms with E-state index in [1.165, 1.54) is 24.0 Å². The Hall–Kier alpha value is -1.35. The van der Waals surface area contributed by atoms with Gasteiger partial charge in [0.05, 0.1) is 0 Å². The molecule has 0 saturated heterocycles. The molecule has 1 saturated carbocycles. The average Bonchev–Trinajstić information content (AvgIpc) is 3.17. The van der Waals surface area contributed by atoms with Gasteiger partial charge in [-0.15, -0.1) is 0 Å². The molecular weight excluding hydrogens is 236 g/mol. The van der Waals surface area contributed by atoms with E-state index in [0.717, 1.165) is 25.8 Å². The van der Waals surface area contributed by atoms with Crippen molar-refractivity contribution in [2.45, 2.75) is 38.1 Å². The van der Waals surface area contributed by atoms with Crippen molar-refractivity contribution in [1.29, 1.82) is 0 Å². The number of carbonyl (C=O) groups is 1. The van der Waals surface area contributed by atoms with E-state index >= 15 is 0 Å². The fourth-order valence-electron chi connectivity index (χ4n) is 3.09. The van der Waals surface area contributed by atoms with Gasteiger partial charge in [0.25, 0.3) is 0 Å². The van der Waals surface area contributed by atoms with Crippen molar-refractivity contribution in [3.63, 3.8) is 0 Å². The van der Waals surface area contributed by atoms with Crippen molar-refractivity contribution in [2.75, 3.05) is 13.1 Å². The molecule has 3 nitrogen and oxygen atoms in total. The van der Waals surface area contributed by atoms with Crippen molar-refractivity contribution in [3.8, 4) is 0 Å². The maximum absolute atomic E-state index is 12.7. The lowest BCUT2D eigenvalue weighted by atomic mass is 10.0. The van der Waals surface area contributed by atoms with Gasteiger partial charge in [0.2, 0.25) is 5.91 Å². The zero-order valence-electron chi connectivity index (χ0n) is 11.3. The van der Waals surface area contributed by atoms with E-state index in [2.05, 4.69) is 29.2 Å². The summed E-state index contributed by atoms with van der Waals surface area (Å²) in [6.07, 6.45) is 5.11. The normalized spacial score (nSPS) is 18.4. The van der Waals surface area contributed by atoms with Crippen molar-refractivity contribution in [1.82, 2.24) is 4.90 Å². The first-order valence-corrected chi connectivity index (χ1v) is 7.37. The predicted molar refractivity (Wildman–Crippen MR) is 75.7 cm³/mol. The van der Waals surface area contributed by atoms with Crippen molar-refractivity contribution < 1.29 is 4.79 Å². The molecule has 19 heavy (non-hydrogen) atoms. The third-order valence-corrected chi connectivity index (χ3v) is 4.27. The Kier molecular flexibility index (Phi) is 3.56. The largest absolute Gasteiger partial charge is 0.339 e. The predicted octanol–water partition coefficient (Wildman–Crippen LogP) is 1.74. The maximum atomic E-state index is 12.7. The van der Waals surface area contributed by atoms with Crippen molar-refractivity contribution in [3.05, 3.63) is 35.4 Å². The minimum absolute atomic E-state index is 0.163. The molecule has 0 unspecified atom stereocenters. The van der Waals surface area contributed by atoms with Crippen LogP contribution in [0.15, 0.2) is 24.3 Å². The molecule has 0 aromatic heterocycles. The second kappa shape index (κ2) is 5.33. The number of rotatable bonds is 5. The Morgan fingerprint density at radius 1 is 1.21 bits per heavy atom. The molecule has 0 radical (unpaired) electrons. The van der Waals surface area contributed by atoms with Crippen LogP contribution in [0.25, 0.3) is 0 Å². The fourth-order valence-corrected chi connectivity index (χ4v) is 3.09. The van der Waals surface area contributed by atoms with Gasteiger partial charge in [0, 0.05) is 18.5 Å². The molecule has 1 aromatic carbocycles. The van der Waals surface area contributed by atoms with Crippen molar-refractivity contribution in [2.24, 2.45) is 11.7 Å². The van der Waals surface area contributed by atoms with Crippen LogP contribution < -0.4 is 5.73 Å². The van der Waals surface area contributed by atoms with Crippen LogP contribution in [-0.2, 0) is 17.6 Å². The molecule has 102 valence electrons. The molecule has 0 heterocycles. The highest BCUT2D eigenvalue weighted by atomic mass is 16.2. The van der Waals surface area contributed by atoms with Gasteiger partial charge in [-0.1, -0.05) is 24.3 Å². The molecule has 1 fully saturated rings. The maximum Gasteiger partial charge on any atom is 0.226 e. The molecule has 2 N–H and O–H groups in total. The lowest BCUT2D eigenvalue weighted by Crippen LogP contribution is -2.39. The van der Waals surface area contributed by atoms with Gasteiger partial charge in [-0.2, -0.15) is 0 Å². The van der Waals surface area contributed by atoms with Crippen LogP contribution in [0.4, 0.5) is 0 Å². The molecule has 2 aliphatic carbocycles. The molecule has 3 rings (SSSR count). The van der Waals surface area contributed by atoms with Gasteiger partial charge < -0.3 is 10.6 Å². The first-order chi connectivity index (χ1) is 9.29. The Morgan fingerprint density at radius 3 is 2.37 bits per heavy atom. The summed E-state index contributed by atoms with van der Waals surface area (Å²) in [5.74, 6) is 0.517. The Labute approximate surface area is 114 Å². The SMILES string of the molecule is NCCCN(C(=O)C1Cc2ccccc2C1)C1CC1. The smallest absolute Gasteiger partial charge is 0.226 e. The molecule has 0 aliphatic heterocycles. The van der Waals surface area contributed by atoms with E-state index in [1.54, 1.807) is 0 Å². The number of nitrogens with two attached hydrogens (primary N) is 1. The highest BCUT2D eigenvalue weighted by Gasteiger charge is 2.37. The van der Waals surface area contributed by atoms with Gasteiger partial charge >= 0.3 is 0 Å². The van der Waals surface area contributed by atoms with E-state index in [-0.39, 0.29) is 5.92 Å². The van der Waals surface area contributed by atoms with Crippen LogP contribution in [-0.4, -0.2) is 29.9 Å². The zero-order valence-corrected chi connectivity index (χ0v) is 11.3. The van der Waals surface area contributed by atoms with Gasteiger partial charge in [-0.25, -0.2) is 0 Å². The first kappa shape index (κ1) is 12.7. The third-order valence-electron chi connectivity index (χ3n) is 4.27. The van der Waals surface area contributed by atoms with Gasteiger partial charge in [0.15, 0.2) is 0 Å². The topological polar surface area (TPSA) is 46.3 Å². The summed E-state index contributed by atoms with van der Waals surface area (Å²) in [5, 5.41) is 0. The third kappa shape index (κ3) is 2.66. The highest BCUT2D eigenvalue weighted by Crippen LogP contribution is 2.32. The minimum atomic E-state index is 0.163. The van der Waals surface area contributed by atoms with Gasteiger partial charge in [-0.3, -0.25) is 4.79 Å². The lowest BCUT2D eigenvalue weighted by molar-refractivity contribution is -0.135. The molecule has 0 bridgehead atoms. The van der Waals surface area contributed by atoms with E-state index in [0.29, 0.717) is 18.5 Å². The van der Waals surface area contributed by atoms with Crippen LogP contribution in [0.5, 0.6) is 0 Å². The van der Waals surface area contributed by atoms with E-state index in [1.807, 2.05) is 0 Å². The number of amides is 1. The van der Waals surface area contributed by atoms with Crippen molar-refractivity contribution >= 4 is 5.91 Å². The van der Waals surface area contributed by atoms with E-state index in [4.69, 9.17) is 5.73 Å². The lowest BCUT2D eigenvalue weighted by Gasteiger charge is -2.25. The second-order valence-corrected chi connectivity index (χ2v) is 5.78. The molecule has 0 spiro atoms. The number of nitrogens with zero attached hydrogens (tertiary/aromatic N) is 1. The number of hydrogen-bond acceptors (Lipinski definition) is 2. The van der Waals surface area contributed by atoms with Crippen LogP contribution in [0.3, 0.4) is 0 Å².